The Morgan fingerprint density at radius 2 is 0.587 bits per heavy atom. The van der Waals surface area contributed by atoms with Gasteiger partial charge in [-0.05, 0) is 70.6 Å². The topological polar surface area (TPSA) is 69.6 Å². The van der Waals surface area contributed by atoms with E-state index in [1.54, 1.807) is 0 Å². The van der Waals surface area contributed by atoms with Crippen LogP contribution in [0.4, 0.5) is 0 Å². The molecule has 4 nitrogen and oxygen atoms in total. The highest BCUT2D eigenvalue weighted by molar-refractivity contribution is 5.76. The van der Waals surface area contributed by atoms with Gasteiger partial charge in [-0.1, -0.05) is 349 Å². The van der Waals surface area contributed by atoms with E-state index in [0.717, 1.165) is 70.6 Å². The number of amides is 1. The summed E-state index contributed by atoms with van der Waals surface area (Å²) in [5, 5.41) is 23.4. The lowest BCUT2D eigenvalue weighted by Crippen LogP contribution is -2.45. The summed E-state index contributed by atoms with van der Waals surface area (Å²) in [6.07, 6.45) is 96.1. The van der Waals surface area contributed by atoms with Gasteiger partial charge in [0.25, 0.3) is 0 Å². The molecule has 4 heteroatoms. The van der Waals surface area contributed by atoms with E-state index >= 15 is 0 Å². The highest BCUT2D eigenvalue weighted by atomic mass is 16.3. The molecule has 0 aliphatic rings. The number of hydrogen-bond donors (Lipinski definition) is 3. The summed E-state index contributed by atoms with van der Waals surface area (Å²) < 4.78 is 0. The Kier molecular flexibility index (Phi) is 63.7. The second kappa shape index (κ2) is 65.9. The van der Waals surface area contributed by atoms with Gasteiger partial charge in [0.05, 0.1) is 18.8 Å². The van der Waals surface area contributed by atoms with Crippen LogP contribution in [0.1, 0.15) is 341 Å². The molecule has 0 aliphatic heterocycles. The number of rotatable bonds is 61. The average molecular weight is 1040 g/mol. The fraction of sp³-hybridized carbons (Fsp3) is 0.789. The molecule has 75 heavy (non-hydrogen) atoms. The molecule has 0 aromatic carbocycles. The van der Waals surface area contributed by atoms with E-state index in [1.165, 1.54) is 244 Å². The fourth-order valence-corrected chi connectivity index (χ4v) is 10.2. The Balaban J connectivity index is 3.45. The molecule has 2 atom stereocenters. The minimum Gasteiger partial charge on any atom is -0.394 e. The first-order valence-electron chi connectivity index (χ1n) is 33.3. The lowest BCUT2D eigenvalue weighted by molar-refractivity contribution is -0.123. The van der Waals surface area contributed by atoms with Crippen molar-refractivity contribution < 1.29 is 15.0 Å². The Bertz CT molecular complexity index is 1320. The van der Waals surface area contributed by atoms with Gasteiger partial charge in [0.15, 0.2) is 0 Å². The van der Waals surface area contributed by atoms with Gasteiger partial charge in [-0.2, -0.15) is 0 Å². The molecule has 0 aromatic rings. The smallest absolute Gasteiger partial charge is 0.220 e. The summed E-state index contributed by atoms with van der Waals surface area (Å²) in [7, 11) is 0. The van der Waals surface area contributed by atoms with Crippen LogP contribution in [0.2, 0.25) is 0 Å². The molecule has 0 saturated carbocycles. The van der Waals surface area contributed by atoms with E-state index in [-0.39, 0.29) is 12.5 Å². The first-order chi connectivity index (χ1) is 37.2. The second-order valence-corrected chi connectivity index (χ2v) is 22.5. The van der Waals surface area contributed by atoms with Gasteiger partial charge >= 0.3 is 0 Å². The predicted molar refractivity (Wildman–Crippen MR) is 336 cm³/mol. The van der Waals surface area contributed by atoms with Crippen molar-refractivity contribution in [2.75, 3.05) is 6.61 Å². The SMILES string of the molecule is CC/C=C\C/C=C\C/C=C\C/C=C\C/C=C\C/C=C\C/C=C\CCCCCCCCCCCCCCCCCCCC(=O)NC(CO)C(O)CCCCCCCCCCCCCCCCCCCCCCCCCC. The van der Waals surface area contributed by atoms with Crippen molar-refractivity contribution in [2.45, 2.75) is 353 Å². The zero-order valence-corrected chi connectivity index (χ0v) is 50.3. The quantitative estimate of drug-likeness (QED) is 0.0420. The van der Waals surface area contributed by atoms with E-state index in [4.69, 9.17) is 0 Å². The third-order valence-electron chi connectivity index (χ3n) is 15.2. The van der Waals surface area contributed by atoms with Crippen molar-refractivity contribution >= 4 is 5.91 Å². The minimum absolute atomic E-state index is 0.0277. The van der Waals surface area contributed by atoms with Gasteiger partial charge in [0, 0.05) is 6.42 Å². The van der Waals surface area contributed by atoms with Crippen molar-refractivity contribution in [2.24, 2.45) is 0 Å². The summed E-state index contributed by atoms with van der Waals surface area (Å²) in [6.45, 7) is 4.27. The first kappa shape index (κ1) is 72.6. The number of unbranched alkanes of at least 4 members (excludes halogenated alkanes) is 40. The average Bonchev–Trinajstić information content (AvgIpc) is 3.41. The number of carbonyl (C=O) groups excluding carboxylic acids is 1. The molecule has 0 saturated heterocycles. The van der Waals surface area contributed by atoms with Crippen LogP contribution in [0.3, 0.4) is 0 Å². The Morgan fingerprint density at radius 1 is 0.333 bits per heavy atom. The molecule has 0 bridgehead atoms. The van der Waals surface area contributed by atoms with Crippen LogP contribution in [-0.2, 0) is 4.79 Å². The maximum absolute atomic E-state index is 12.5. The molecule has 0 aliphatic carbocycles. The van der Waals surface area contributed by atoms with Crippen molar-refractivity contribution in [3.8, 4) is 0 Å². The normalized spacial score (nSPS) is 13.3. The summed E-state index contributed by atoms with van der Waals surface area (Å²) in [4.78, 5) is 12.5. The van der Waals surface area contributed by atoms with Crippen LogP contribution in [-0.4, -0.2) is 34.9 Å². The van der Waals surface area contributed by atoms with Crippen LogP contribution in [0.15, 0.2) is 85.1 Å². The number of aliphatic hydroxyl groups is 2. The van der Waals surface area contributed by atoms with Crippen LogP contribution < -0.4 is 5.32 Å². The first-order valence-corrected chi connectivity index (χ1v) is 33.3. The summed E-state index contributed by atoms with van der Waals surface area (Å²) >= 11 is 0. The van der Waals surface area contributed by atoms with Crippen molar-refractivity contribution in [3.05, 3.63) is 85.1 Å². The number of hydrogen-bond acceptors (Lipinski definition) is 3. The summed E-state index contributed by atoms with van der Waals surface area (Å²) in [6, 6.07) is -0.540. The van der Waals surface area contributed by atoms with Crippen LogP contribution in [0.25, 0.3) is 0 Å². The lowest BCUT2D eigenvalue weighted by Gasteiger charge is -2.22. The highest BCUT2D eigenvalue weighted by Crippen LogP contribution is 2.18. The maximum Gasteiger partial charge on any atom is 0.220 e. The van der Waals surface area contributed by atoms with Crippen LogP contribution in [0, 0.1) is 0 Å². The second-order valence-electron chi connectivity index (χ2n) is 22.5. The summed E-state index contributed by atoms with van der Waals surface area (Å²) in [5.74, 6) is -0.0277. The van der Waals surface area contributed by atoms with Gasteiger partial charge < -0.3 is 15.5 Å². The predicted octanol–water partition coefficient (Wildman–Crippen LogP) is 22.7. The third-order valence-corrected chi connectivity index (χ3v) is 15.2. The molecule has 0 rings (SSSR count). The Hall–Kier alpha value is -2.43. The Labute approximate surface area is 469 Å². The van der Waals surface area contributed by atoms with E-state index in [2.05, 4.69) is 104 Å². The van der Waals surface area contributed by atoms with Crippen LogP contribution in [0.5, 0.6) is 0 Å². The zero-order chi connectivity index (χ0) is 54.1. The van der Waals surface area contributed by atoms with Gasteiger partial charge in [-0.15, -0.1) is 0 Å². The molecule has 3 N–H and O–H groups in total. The van der Waals surface area contributed by atoms with Crippen molar-refractivity contribution in [3.63, 3.8) is 0 Å². The van der Waals surface area contributed by atoms with Crippen LogP contribution >= 0.6 is 0 Å². The monoisotopic (exact) mass is 1040 g/mol. The zero-order valence-electron chi connectivity index (χ0n) is 50.3. The Morgan fingerprint density at radius 3 is 0.880 bits per heavy atom. The third kappa shape index (κ3) is 62.3. The molecule has 0 radical (unpaired) electrons. The molecular formula is C71H129NO3. The lowest BCUT2D eigenvalue weighted by atomic mass is 10.0. The largest absolute Gasteiger partial charge is 0.394 e. The number of aliphatic hydroxyl groups excluding tert-OH is 2. The molecular weight excluding hydrogens is 915 g/mol. The van der Waals surface area contributed by atoms with Gasteiger partial charge in [0.2, 0.25) is 5.91 Å². The summed E-state index contributed by atoms with van der Waals surface area (Å²) in [5.41, 5.74) is 0. The standard InChI is InChI=1S/C71H129NO3/c1-3-5-7-9-11-13-15-17-19-21-23-25-27-29-30-31-32-33-34-35-36-37-38-39-40-41-42-43-45-47-49-51-53-55-57-59-61-63-65-67-71(75)72-69(68-73)70(74)66-64-62-60-58-56-54-52-50-48-46-44-28-26-24-22-20-18-16-14-12-10-8-6-4-2/h5,7,11,13,17,19,23,25,29-30,32-33,35-36,69-70,73-74H,3-4,6,8-10,12,14-16,18,20-22,24,26-28,31,34,37-68H2,1-2H3,(H,72,75)/b7-5-,13-11-,19-17-,25-23-,30-29-,33-32-,36-35-. The molecule has 0 spiro atoms. The van der Waals surface area contributed by atoms with Crippen molar-refractivity contribution in [1.82, 2.24) is 5.32 Å². The number of allylic oxidation sites excluding steroid dienone is 14. The number of nitrogens with one attached hydrogen (secondary N) is 1. The van der Waals surface area contributed by atoms with E-state index in [0.29, 0.717) is 12.8 Å². The molecule has 0 fully saturated rings. The molecule has 0 aromatic heterocycles. The van der Waals surface area contributed by atoms with E-state index < -0.39 is 12.1 Å². The molecule has 0 heterocycles. The van der Waals surface area contributed by atoms with E-state index in [9.17, 15) is 15.0 Å². The van der Waals surface area contributed by atoms with E-state index in [1.807, 2.05) is 0 Å². The molecule has 2 unspecified atom stereocenters. The molecule has 436 valence electrons. The highest BCUT2D eigenvalue weighted by Gasteiger charge is 2.20. The van der Waals surface area contributed by atoms with Gasteiger partial charge in [0.1, 0.15) is 0 Å². The van der Waals surface area contributed by atoms with Crippen molar-refractivity contribution in [1.29, 1.82) is 0 Å². The van der Waals surface area contributed by atoms with Gasteiger partial charge in [-0.25, -0.2) is 0 Å². The minimum atomic E-state index is -0.663. The molecule has 1 amide bonds. The maximum atomic E-state index is 12.5. The van der Waals surface area contributed by atoms with Gasteiger partial charge in [-0.3, -0.25) is 4.79 Å². The number of carbonyl (C=O) groups is 1. The fourth-order valence-electron chi connectivity index (χ4n) is 10.2.